The smallest absolute Gasteiger partial charge is 0.0540 e. The molecule has 2 nitrogen and oxygen atoms in total. The summed E-state index contributed by atoms with van der Waals surface area (Å²) in [7, 11) is 0. The van der Waals surface area contributed by atoms with Crippen molar-refractivity contribution < 1.29 is 5.11 Å². The van der Waals surface area contributed by atoms with Crippen LogP contribution < -0.4 is 5.32 Å². The summed E-state index contributed by atoms with van der Waals surface area (Å²) < 4.78 is 0. The highest BCUT2D eigenvalue weighted by atomic mass is 16.3. The molecule has 0 aromatic heterocycles. The minimum atomic E-state index is -0.0640. The maximum Gasteiger partial charge on any atom is 0.0540 e. The predicted molar refractivity (Wildman–Crippen MR) is 74.2 cm³/mol. The van der Waals surface area contributed by atoms with Crippen molar-refractivity contribution in [1.29, 1.82) is 0 Å². The molecule has 0 amide bonds. The summed E-state index contributed by atoms with van der Waals surface area (Å²) >= 11 is 0. The second-order valence-electron chi connectivity index (χ2n) is 5.78. The summed E-state index contributed by atoms with van der Waals surface area (Å²) in [6, 6.07) is 1.33. The van der Waals surface area contributed by atoms with Gasteiger partial charge in [-0.25, -0.2) is 0 Å². The highest BCUT2D eigenvalue weighted by molar-refractivity contribution is 4.78. The fourth-order valence-corrected chi connectivity index (χ4v) is 2.81. The van der Waals surface area contributed by atoms with E-state index in [1.165, 1.54) is 44.9 Å². The van der Waals surface area contributed by atoms with Crippen LogP contribution in [0.5, 0.6) is 0 Å². The van der Waals surface area contributed by atoms with Crippen LogP contribution in [0.15, 0.2) is 0 Å². The molecule has 1 rings (SSSR count). The quantitative estimate of drug-likeness (QED) is 0.636. The molecule has 1 unspecified atom stereocenters. The van der Waals surface area contributed by atoms with Gasteiger partial charge in [-0.1, -0.05) is 39.0 Å². The Morgan fingerprint density at radius 1 is 1.18 bits per heavy atom. The van der Waals surface area contributed by atoms with Crippen LogP contribution in [0.4, 0.5) is 0 Å². The molecule has 2 heteroatoms. The van der Waals surface area contributed by atoms with E-state index in [0.717, 1.165) is 19.3 Å². The lowest BCUT2D eigenvalue weighted by Gasteiger charge is -2.29. The molecule has 17 heavy (non-hydrogen) atoms. The van der Waals surface area contributed by atoms with Crippen LogP contribution in [0.25, 0.3) is 0 Å². The van der Waals surface area contributed by atoms with Crippen LogP contribution in [0, 0.1) is 0 Å². The van der Waals surface area contributed by atoms with E-state index < -0.39 is 0 Å². The van der Waals surface area contributed by atoms with Crippen molar-refractivity contribution in [2.75, 3.05) is 0 Å². The summed E-state index contributed by atoms with van der Waals surface area (Å²) in [5, 5.41) is 13.6. The van der Waals surface area contributed by atoms with Crippen molar-refractivity contribution in [2.24, 2.45) is 0 Å². The van der Waals surface area contributed by atoms with Crippen LogP contribution >= 0.6 is 0 Å². The molecule has 0 radical (unpaired) electrons. The van der Waals surface area contributed by atoms with E-state index in [-0.39, 0.29) is 6.10 Å². The Morgan fingerprint density at radius 3 is 2.71 bits per heavy atom. The number of aliphatic hydroxyl groups is 1. The van der Waals surface area contributed by atoms with E-state index in [1.807, 2.05) is 0 Å². The van der Waals surface area contributed by atoms with Gasteiger partial charge in [-0.05, 0) is 39.0 Å². The summed E-state index contributed by atoms with van der Waals surface area (Å²) in [4.78, 5) is 0. The molecule has 0 aromatic rings. The monoisotopic (exact) mass is 241 g/mol. The topological polar surface area (TPSA) is 32.3 Å². The molecular formula is C15H31NO. The van der Waals surface area contributed by atoms with Gasteiger partial charge in [-0.3, -0.25) is 0 Å². The van der Waals surface area contributed by atoms with E-state index in [9.17, 15) is 5.11 Å². The number of unbranched alkanes of at least 4 members (excludes halogenated alkanes) is 3. The molecular weight excluding hydrogens is 210 g/mol. The van der Waals surface area contributed by atoms with Crippen molar-refractivity contribution in [1.82, 2.24) is 5.32 Å². The molecule has 0 saturated carbocycles. The lowest BCUT2D eigenvalue weighted by atomic mass is 9.94. The van der Waals surface area contributed by atoms with E-state index in [0.29, 0.717) is 12.1 Å². The third-order valence-electron chi connectivity index (χ3n) is 3.95. The van der Waals surface area contributed by atoms with Crippen LogP contribution in [-0.4, -0.2) is 23.3 Å². The first-order valence-electron chi connectivity index (χ1n) is 7.66. The number of hydrogen-bond acceptors (Lipinski definition) is 2. The molecule has 1 heterocycles. The SMILES string of the molecule is CCCCCCC(O)CC[C@H]1CCC[C@@H](C)N1. The van der Waals surface area contributed by atoms with Gasteiger partial charge in [0.2, 0.25) is 0 Å². The Labute approximate surface area is 107 Å². The van der Waals surface area contributed by atoms with Crippen molar-refractivity contribution in [3.63, 3.8) is 0 Å². The van der Waals surface area contributed by atoms with Gasteiger partial charge in [-0.15, -0.1) is 0 Å². The molecule has 2 N–H and O–H groups in total. The van der Waals surface area contributed by atoms with Gasteiger partial charge in [0, 0.05) is 12.1 Å². The van der Waals surface area contributed by atoms with E-state index in [4.69, 9.17) is 0 Å². The van der Waals surface area contributed by atoms with Gasteiger partial charge >= 0.3 is 0 Å². The summed E-state index contributed by atoms with van der Waals surface area (Å²) in [6.45, 7) is 4.50. The number of hydrogen-bond donors (Lipinski definition) is 2. The van der Waals surface area contributed by atoms with Gasteiger partial charge in [0.05, 0.1) is 6.10 Å². The van der Waals surface area contributed by atoms with Crippen molar-refractivity contribution >= 4 is 0 Å². The van der Waals surface area contributed by atoms with Gasteiger partial charge in [-0.2, -0.15) is 0 Å². The zero-order chi connectivity index (χ0) is 12.5. The molecule has 102 valence electrons. The molecule has 1 saturated heterocycles. The molecule has 0 aliphatic carbocycles. The summed E-state index contributed by atoms with van der Waals surface area (Å²) in [6.07, 6.45) is 12.1. The highest BCUT2D eigenvalue weighted by Crippen LogP contribution is 2.18. The Morgan fingerprint density at radius 2 is 2.00 bits per heavy atom. The maximum atomic E-state index is 9.92. The molecule has 0 spiro atoms. The standard InChI is InChI=1S/C15H31NO/c1-3-4-5-6-10-15(17)12-11-14-9-7-8-13(2)16-14/h13-17H,3-12H2,1-2H3/t13-,14-,15?/m1/s1. The van der Waals surface area contributed by atoms with Crippen molar-refractivity contribution in [3.05, 3.63) is 0 Å². The predicted octanol–water partition coefficient (Wildman–Crippen LogP) is 3.63. The molecule has 0 aromatic carbocycles. The normalized spacial score (nSPS) is 27.0. The van der Waals surface area contributed by atoms with Gasteiger partial charge in [0.25, 0.3) is 0 Å². The largest absolute Gasteiger partial charge is 0.393 e. The Hall–Kier alpha value is -0.0800. The zero-order valence-electron chi connectivity index (χ0n) is 11.8. The molecule has 3 atom stereocenters. The second-order valence-corrected chi connectivity index (χ2v) is 5.78. The maximum absolute atomic E-state index is 9.92. The fraction of sp³-hybridized carbons (Fsp3) is 1.00. The van der Waals surface area contributed by atoms with E-state index in [1.54, 1.807) is 0 Å². The Bertz CT molecular complexity index is 184. The van der Waals surface area contributed by atoms with E-state index in [2.05, 4.69) is 19.2 Å². The van der Waals surface area contributed by atoms with Crippen LogP contribution in [0.3, 0.4) is 0 Å². The highest BCUT2D eigenvalue weighted by Gasteiger charge is 2.18. The third-order valence-corrected chi connectivity index (χ3v) is 3.95. The molecule has 1 fully saturated rings. The van der Waals surface area contributed by atoms with Crippen molar-refractivity contribution in [3.8, 4) is 0 Å². The first-order chi connectivity index (χ1) is 8.22. The molecule has 0 bridgehead atoms. The first-order valence-corrected chi connectivity index (χ1v) is 7.66. The Balaban J connectivity index is 2.00. The lowest BCUT2D eigenvalue weighted by Crippen LogP contribution is -2.40. The molecule has 1 aliphatic rings. The zero-order valence-corrected chi connectivity index (χ0v) is 11.8. The number of nitrogens with one attached hydrogen (secondary N) is 1. The lowest BCUT2D eigenvalue weighted by molar-refractivity contribution is 0.140. The van der Waals surface area contributed by atoms with Crippen LogP contribution in [0.2, 0.25) is 0 Å². The summed E-state index contributed by atoms with van der Waals surface area (Å²) in [5.41, 5.74) is 0. The number of piperidine rings is 1. The Kier molecular flexibility index (Phi) is 7.87. The first kappa shape index (κ1) is 15.0. The average molecular weight is 241 g/mol. The second kappa shape index (κ2) is 8.93. The fourth-order valence-electron chi connectivity index (χ4n) is 2.81. The minimum absolute atomic E-state index is 0.0640. The number of rotatable bonds is 8. The molecule has 1 aliphatic heterocycles. The van der Waals surface area contributed by atoms with Gasteiger partial charge in [0.15, 0.2) is 0 Å². The van der Waals surface area contributed by atoms with Crippen LogP contribution in [-0.2, 0) is 0 Å². The van der Waals surface area contributed by atoms with E-state index >= 15 is 0 Å². The van der Waals surface area contributed by atoms with Gasteiger partial charge < -0.3 is 10.4 Å². The van der Waals surface area contributed by atoms with Crippen molar-refractivity contribution in [2.45, 2.75) is 96.2 Å². The van der Waals surface area contributed by atoms with Gasteiger partial charge in [0.1, 0.15) is 0 Å². The minimum Gasteiger partial charge on any atom is -0.393 e. The average Bonchev–Trinajstić information content (AvgIpc) is 2.32. The third kappa shape index (κ3) is 7.05. The van der Waals surface area contributed by atoms with Crippen LogP contribution in [0.1, 0.15) is 78.1 Å². The number of aliphatic hydroxyl groups excluding tert-OH is 1. The summed E-state index contributed by atoms with van der Waals surface area (Å²) in [5.74, 6) is 0.